The van der Waals surface area contributed by atoms with E-state index in [0.717, 1.165) is 0 Å². The van der Waals surface area contributed by atoms with Crippen LogP contribution < -0.4 is 0 Å². The Balaban J connectivity index is 3.60. The molecule has 0 aliphatic rings. The normalized spacial score (nSPS) is 10.5. The van der Waals surface area contributed by atoms with E-state index in [-0.39, 0.29) is 21.2 Å². The molecule has 0 N–H and O–H groups in total. The van der Waals surface area contributed by atoms with Crippen molar-refractivity contribution in [1.29, 1.82) is 0 Å². The molecule has 0 aliphatic heterocycles. The molecule has 0 saturated carbocycles. The minimum absolute atomic E-state index is 0.112. The highest BCUT2D eigenvalue weighted by Gasteiger charge is 2.16. The Bertz CT molecular complexity index is 229. The van der Waals surface area contributed by atoms with Crippen LogP contribution in [-0.2, 0) is 0 Å². The van der Waals surface area contributed by atoms with Gasteiger partial charge in [-0.25, -0.2) is 8.78 Å². The number of halogens is 4. The lowest BCUT2D eigenvalue weighted by atomic mass is 10.1. The molecule has 0 nitrogen and oxygen atoms in total. The van der Waals surface area contributed by atoms with E-state index in [9.17, 15) is 8.78 Å². The first kappa shape index (κ1) is 9.75. The Hall–Kier alpha value is -0.340. The van der Waals surface area contributed by atoms with E-state index in [1.54, 1.807) is 0 Å². The van der Waals surface area contributed by atoms with Crippen molar-refractivity contribution in [1.82, 2.24) is 0 Å². The third-order valence-electron chi connectivity index (χ3n) is 1.70. The highest BCUT2D eigenvalue weighted by Crippen LogP contribution is 2.31. The molecular formula is C8H6Cl2F2. The van der Waals surface area contributed by atoms with Gasteiger partial charge in [-0.1, -0.05) is 23.2 Å². The van der Waals surface area contributed by atoms with Gasteiger partial charge in [-0.05, 0) is 19.4 Å². The Morgan fingerprint density at radius 3 is 1.50 bits per heavy atom. The minimum Gasteiger partial charge on any atom is -0.205 e. The molecule has 0 aliphatic carbocycles. The van der Waals surface area contributed by atoms with Crippen molar-refractivity contribution in [3.63, 3.8) is 0 Å². The Morgan fingerprint density at radius 2 is 1.17 bits per heavy atom. The molecule has 66 valence electrons. The van der Waals surface area contributed by atoms with Gasteiger partial charge in [0.05, 0.1) is 10.0 Å². The van der Waals surface area contributed by atoms with Crippen LogP contribution in [0.5, 0.6) is 0 Å². The molecule has 0 radical (unpaired) electrons. The van der Waals surface area contributed by atoms with Crippen LogP contribution in [0.4, 0.5) is 8.78 Å². The number of rotatable bonds is 0. The molecule has 0 heterocycles. The maximum absolute atomic E-state index is 13.0. The quantitative estimate of drug-likeness (QED) is 0.571. The van der Waals surface area contributed by atoms with Crippen LogP contribution in [0, 0.1) is 25.5 Å². The van der Waals surface area contributed by atoms with Crippen LogP contribution in [0.3, 0.4) is 0 Å². The predicted molar refractivity (Wildman–Crippen MR) is 45.9 cm³/mol. The first-order valence-electron chi connectivity index (χ1n) is 3.26. The SMILES string of the molecule is Cc1c(F)c(Cl)c(C)c(Cl)c1F. The lowest BCUT2D eigenvalue weighted by Crippen LogP contribution is -1.94. The molecule has 0 fully saturated rings. The molecule has 0 unspecified atom stereocenters. The van der Waals surface area contributed by atoms with E-state index in [0.29, 0.717) is 0 Å². The highest BCUT2D eigenvalue weighted by atomic mass is 35.5. The zero-order chi connectivity index (χ0) is 9.46. The summed E-state index contributed by atoms with van der Waals surface area (Å²) in [5, 5.41) is -0.224. The van der Waals surface area contributed by atoms with Crippen molar-refractivity contribution in [2.75, 3.05) is 0 Å². The Morgan fingerprint density at radius 1 is 0.833 bits per heavy atom. The molecule has 0 atom stereocenters. The van der Waals surface area contributed by atoms with Gasteiger partial charge in [0, 0.05) is 5.56 Å². The van der Waals surface area contributed by atoms with Crippen LogP contribution in [0.2, 0.25) is 10.0 Å². The summed E-state index contributed by atoms with van der Waals surface area (Å²) in [6, 6.07) is 0. The summed E-state index contributed by atoms with van der Waals surface area (Å²) in [7, 11) is 0. The average molecular weight is 211 g/mol. The molecule has 0 aromatic heterocycles. The fourth-order valence-electron chi connectivity index (χ4n) is 0.851. The summed E-state index contributed by atoms with van der Waals surface area (Å²) < 4.78 is 26.0. The van der Waals surface area contributed by atoms with E-state index in [2.05, 4.69) is 0 Å². The molecule has 1 aromatic rings. The zero-order valence-corrected chi connectivity index (χ0v) is 8.02. The second-order valence-electron chi connectivity index (χ2n) is 2.51. The van der Waals surface area contributed by atoms with Gasteiger partial charge in [0.15, 0.2) is 0 Å². The van der Waals surface area contributed by atoms with Crippen molar-refractivity contribution in [3.05, 3.63) is 32.8 Å². The molecule has 1 aromatic carbocycles. The number of hydrogen-bond donors (Lipinski definition) is 0. The molecule has 4 heteroatoms. The maximum atomic E-state index is 13.0. The van der Waals surface area contributed by atoms with Gasteiger partial charge >= 0.3 is 0 Å². The van der Waals surface area contributed by atoms with Gasteiger partial charge in [-0.2, -0.15) is 0 Å². The van der Waals surface area contributed by atoms with Gasteiger partial charge in [-0.3, -0.25) is 0 Å². The predicted octanol–water partition coefficient (Wildman–Crippen LogP) is 3.89. The highest BCUT2D eigenvalue weighted by molar-refractivity contribution is 6.36. The van der Waals surface area contributed by atoms with Crippen LogP contribution in [0.15, 0.2) is 0 Å². The summed E-state index contributed by atoms with van der Waals surface area (Å²) in [5.74, 6) is -1.48. The van der Waals surface area contributed by atoms with E-state index in [1.807, 2.05) is 0 Å². The van der Waals surface area contributed by atoms with Crippen LogP contribution in [0.25, 0.3) is 0 Å². The fourth-order valence-corrected chi connectivity index (χ4v) is 1.37. The van der Waals surface area contributed by atoms with Gasteiger partial charge < -0.3 is 0 Å². The topological polar surface area (TPSA) is 0 Å². The minimum atomic E-state index is -0.740. The van der Waals surface area contributed by atoms with Crippen LogP contribution >= 0.6 is 23.2 Å². The second kappa shape index (κ2) is 3.19. The van der Waals surface area contributed by atoms with Gasteiger partial charge in [-0.15, -0.1) is 0 Å². The van der Waals surface area contributed by atoms with Crippen molar-refractivity contribution in [2.45, 2.75) is 13.8 Å². The molecular weight excluding hydrogens is 205 g/mol. The van der Waals surface area contributed by atoms with Crippen LogP contribution in [0.1, 0.15) is 11.1 Å². The van der Waals surface area contributed by atoms with E-state index < -0.39 is 11.6 Å². The van der Waals surface area contributed by atoms with E-state index in [1.165, 1.54) is 13.8 Å². The van der Waals surface area contributed by atoms with Crippen molar-refractivity contribution >= 4 is 23.2 Å². The largest absolute Gasteiger partial charge is 0.205 e. The molecule has 1 rings (SSSR count). The van der Waals surface area contributed by atoms with Gasteiger partial charge in [0.25, 0.3) is 0 Å². The van der Waals surface area contributed by atoms with Gasteiger partial charge in [0.1, 0.15) is 11.6 Å². The summed E-state index contributed by atoms with van der Waals surface area (Å²) in [6.45, 7) is 2.76. The summed E-state index contributed by atoms with van der Waals surface area (Å²) in [5.41, 5.74) is 0.0922. The van der Waals surface area contributed by atoms with E-state index in [4.69, 9.17) is 23.2 Å². The molecule has 0 bridgehead atoms. The second-order valence-corrected chi connectivity index (χ2v) is 3.26. The summed E-state index contributed by atoms with van der Waals surface area (Å²) >= 11 is 11.1. The number of hydrogen-bond acceptors (Lipinski definition) is 0. The maximum Gasteiger partial charge on any atom is 0.147 e. The zero-order valence-electron chi connectivity index (χ0n) is 6.51. The van der Waals surface area contributed by atoms with E-state index >= 15 is 0 Å². The molecule has 12 heavy (non-hydrogen) atoms. The monoisotopic (exact) mass is 210 g/mol. The van der Waals surface area contributed by atoms with Gasteiger partial charge in [0.2, 0.25) is 0 Å². The average Bonchev–Trinajstić information content (AvgIpc) is 2.08. The first-order valence-corrected chi connectivity index (χ1v) is 4.01. The van der Waals surface area contributed by atoms with Crippen molar-refractivity contribution in [3.8, 4) is 0 Å². The lowest BCUT2D eigenvalue weighted by Gasteiger charge is -2.06. The Labute approximate surface area is 79.1 Å². The summed E-state index contributed by atoms with van der Waals surface area (Å²) in [4.78, 5) is 0. The Kier molecular flexibility index (Phi) is 2.59. The standard InChI is InChI=1S/C8H6Cl2F2/c1-3-5(9)7(11)4(2)8(12)6(3)10/h1-2H3. The molecule has 0 amide bonds. The molecule has 0 spiro atoms. The van der Waals surface area contributed by atoms with Crippen LogP contribution in [-0.4, -0.2) is 0 Å². The third-order valence-corrected chi connectivity index (χ3v) is 2.60. The smallest absolute Gasteiger partial charge is 0.147 e. The van der Waals surface area contributed by atoms with Crippen molar-refractivity contribution in [2.24, 2.45) is 0 Å². The summed E-state index contributed by atoms with van der Waals surface area (Å²) in [6.07, 6.45) is 0. The first-order chi connectivity index (χ1) is 5.46. The van der Waals surface area contributed by atoms with Crippen molar-refractivity contribution < 1.29 is 8.78 Å². The fraction of sp³-hybridized carbons (Fsp3) is 0.250. The third kappa shape index (κ3) is 1.29. The molecule has 0 saturated heterocycles. The number of benzene rings is 1. The lowest BCUT2D eigenvalue weighted by molar-refractivity contribution is 0.567.